The van der Waals surface area contributed by atoms with E-state index in [1.807, 2.05) is 19.1 Å². The third-order valence-corrected chi connectivity index (χ3v) is 11.8. The average molecular weight is 350 g/mol. The third kappa shape index (κ3) is 4.44. The van der Waals surface area contributed by atoms with Crippen LogP contribution in [0.25, 0.3) is 0 Å². The van der Waals surface area contributed by atoms with E-state index in [4.69, 9.17) is 0 Å². The summed E-state index contributed by atoms with van der Waals surface area (Å²) in [6.45, 7) is 6.33. The van der Waals surface area contributed by atoms with E-state index in [9.17, 15) is 4.57 Å². The molecule has 0 heterocycles. The zero-order valence-corrected chi connectivity index (χ0v) is 15.9. The first kappa shape index (κ1) is 17.7. The highest BCUT2D eigenvalue weighted by atomic mass is 33.1. The van der Waals surface area contributed by atoms with Crippen molar-refractivity contribution in [1.82, 2.24) is 0 Å². The lowest BCUT2D eigenvalue weighted by atomic mass is 10.2. The second-order valence-electron chi connectivity index (χ2n) is 5.03. The Morgan fingerprint density at radius 2 is 1.18 bits per heavy atom. The van der Waals surface area contributed by atoms with Crippen molar-refractivity contribution in [3.8, 4) is 0 Å². The van der Waals surface area contributed by atoms with Crippen LogP contribution in [-0.4, -0.2) is 6.16 Å². The molecule has 0 saturated heterocycles. The first-order valence-corrected chi connectivity index (χ1v) is 12.5. The molecule has 22 heavy (non-hydrogen) atoms. The molecule has 0 N–H and O–H groups in total. The van der Waals surface area contributed by atoms with Crippen LogP contribution in [0.4, 0.5) is 0 Å². The molecule has 0 aliphatic heterocycles. The van der Waals surface area contributed by atoms with E-state index >= 15 is 0 Å². The summed E-state index contributed by atoms with van der Waals surface area (Å²) in [5.74, 6) is 0. The quantitative estimate of drug-likeness (QED) is 0.505. The molecule has 0 aromatic heterocycles. The summed E-state index contributed by atoms with van der Waals surface area (Å²) in [4.78, 5) is 2.33. The second kappa shape index (κ2) is 8.29. The molecule has 2 rings (SSSR count). The lowest BCUT2D eigenvalue weighted by molar-refractivity contribution is 0.594. The minimum absolute atomic E-state index is 0.693. The van der Waals surface area contributed by atoms with Crippen molar-refractivity contribution in [3.63, 3.8) is 0 Å². The lowest BCUT2D eigenvalue weighted by Crippen LogP contribution is -1.87. The van der Waals surface area contributed by atoms with Crippen LogP contribution < -0.4 is 0 Å². The van der Waals surface area contributed by atoms with Gasteiger partial charge in [0.1, 0.15) is 0 Å². The smallest absolute Gasteiger partial charge is 0.200 e. The predicted molar refractivity (Wildman–Crippen MR) is 102 cm³/mol. The molecule has 2 aromatic carbocycles. The van der Waals surface area contributed by atoms with Gasteiger partial charge in [-0.25, -0.2) is 0 Å². The van der Waals surface area contributed by atoms with Gasteiger partial charge in [-0.3, -0.25) is 4.57 Å². The van der Waals surface area contributed by atoms with Crippen molar-refractivity contribution in [2.24, 2.45) is 0 Å². The fraction of sp³-hybridized carbons (Fsp3) is 0.333. The third-order valence-electron chi connectivity index (χ3n) is 3.57. The van der Waals surface area contributed by atoms with Gasteiger partial charge in [-0.1, -0.05) is 57.2 Å². The molecule has 0 atom stereocenters. The standard InChI is InChI=1S/C18H23OPS2/c1-4-15-11-7-9-13-17(15)21-20(19,6-3)22-18-14-10-8-12-16(18)5-2/h7-14H,4-6H2,1-3H3. The highest BCUT2D eigenvalue weighted by molar-refractivity contribution is 8.90. The zero-order chi connectivity index (χ0) is 16.0. The summed E-state index contributed by atoms with van der Waals surface area (Å²) < 4.78 is 13.4. The van der Waals surface area contributed by atoms with Crippen LogP contribution in [0, 0.1) is 0 Å². The summed E-state index contributed by atoms with van der Waals surface area (Å²) in [7, 11) is 0. The van der Waals surface area contributed by atoms with Gasteiger partial charge in [0.25, 0.3) is 0 Å². The predicted octanol–water partition coefficient (Wildman–Crippen LogP) is 6.91. The Morgan fingerprint density at radius 1 is 0.773 bits per heavy atom. The summed E-state index contributed by atoms with van der Waals surface area (Å²) >= 11 is 3.15. The maximum absolute atomic E-state index is 13.4. The van der Waals surface area contributed by atoms with E-state index in [0.717, 1.165) is 22.6 Å². The molecule has 0 aliphatic rings. The molecule has 0 spiro atoms. The molecule has 2 aromatic rings. The van der Waals surface area contributed by atoms with Crippen molar-refractivity contribution in [1.29, 1.82) is 0 Å². The Hall–Kier alpha value is -0.630. The monoisotopic (exact) mass is 350 g/mol. The highest BCUT2D eigenvalue weighted by Gasteiger charge is 2.25. The molecule has 0 unspecified atom stereocenters. The molecule has 0 amide bonds. The van der Waals surface area contributed by atoms with Crippen molar-refractivity contribution < 1.29 is 4.57 Å². The van der Waals surface area contributed by atoms with Crippen LogP contribution in [-0.2, 0) is 17.4 Å². The number of hydrogen-bond acceptors (Lipinski definition) is 3. The first-order chi connectivity index (χ1) is 10.6. The Labute approximate surface area is 142 Å². The van der Waals surface area contributed by atoms with Crippen molar-refractivity contribution in [2.75, 3.05) is 6.16 Å². The van der Waals surface area contributed by atoms with E-state index in [1.54, 1.807) is 22.8 Å². The van der Waals surface area contributed by atoms with Crippen molar-refractivity contribution >= 4 is 28.3 Å². The van der Waals surface area contributed by atoms with Gasteiger partial charge in [-0.05, 0) is 58.9 Å². The summed E-state index contributed by atoms with van der Waals surface area (Å²) in [6, 6.07) is 16.6. The van der Waals surface area contributed by atoms with Crippen LogP contribution >= 0.6 is 28.3 Å². The molecule has 0 saturated carbocycles. The van der Waals surface area contributed by atoms with Crippen molar-refractivity contribution in [3.05, 3.63) is 59.7 Å². The summed E-state index contributed by atoms with van der Waals surface area (Å²) in [5, 5.41) is 0. The van der Waals surface area contributed by atoms with Gasteiger partial charge in [0, 0.05) is 16.0 Å². The molecule has 0 fully saturated rings. The molecule has 118 valence electrons. The van der Waals surface area contributed by atoms with Gasteiger partial charge < -0.3 is 0 Å². The van der Waals surface area contributed by atoms with Gasteiger partial charge in [0.15, 0.2) is 5.55 Å². The van der Waals surface area contributed by atoms with E-state index in [0.29, 0.717) is 6.16 Å². The molecule has 0 aliphatic carbocycles. The minimum atomic E-state index is -2.39. The number of aryl methyl sites for hydroxylation is 2. The summed E-state index contributed by atoms with van der Waals surface area (Å²) in [5.41, 5.74) is 0.175. The highest BCUT2D eigenvalue weighted by Crippen LogP contribution is 2.73. The second-order valence-corrected chi connectivity index (χ2v) is 13.5. The van der Waals surface area contributed by atoms with Crippen LogP contribution in [0.5, 0.6) is 0 Å². The first-order valence-electron chi connectivity index (χ1n) is 7.76. The molecule has 0 radical (unpaired) electrons. The number of hydrogen-bond donors (Lipinski definition) is 0. The van der Waals surface area contributed by atoms with E-state index in [-0.39, 0.29) is 0 Å². The number of rotatable bonds is 7. The molecule has 4 heteroatoms. The maximum Gasteiger partial charge on any atom is 0.200 e. The van der Waals surface area contributed by atoms with Crippen LogP contribution in [0.2, 0.25) is 0 Å². The molecular formula is C18H23OPS2. The Bertz CT molecular complexity index is 616. The normalized spacial score (nSPS) is 11.6. The molecular weight excluding hydrogens is 327 g/mol. The zero-order valence-electron chi connectivity index (χ0n) is 13.4. The maximum atomic E-state index is 13.4. The van der Waals surface area contributed by atoms with Gasteiger partial charge in [-0.2, -0.15) is 0 Å². The average Bonchev–Trinajstić information content (AvgIpc) is 2.56. The topological polar surface area (TPSA) is 17.1 Å². The lowest BCUT2D eigenvalue weighted by Gasteiger charge is -2.18. The van der Waals surface area contributed by atoms with Crippen LogP contribution in [0.3, 0.4) is 0 Å². The molecule has 0 bridgehead atoms. The van der Waals surface area contributed by atoms with E-state index in [1.165, 1.54) is 11.1 Å². The van der Waals surface area contributed by atoms with Crippen LogP contribution in [0.1, 0.15) is 31.9 Å². The summed E-state index contributed by atoms with van der Waals surface area (Å²) in [6.07, 6.45) is 2.64. The van der Waals surface area contributed by atoms with E-state index < -0.39 is 5.55 Å². The van der Waals surface area contributed by atoms with E-state index in [2.05, 4.69) is 50.2 Å². The minimum Gasteiger partial charge on any atom is -0.300 e. The SMILES string of the molecule is CCc1ccccc1SP(=O)(CC)Sc1ccccc1CC. The fourth-order valence-electron chi connectivity index (χ4n) is 2.22. The fourth-order valence-corrected chi connectivity index (χ4v) is 9.58. The number of benzene rings is 2. The largest absolute Gasteiger partial charge is 0.300 e. The van der Waals surface area contributed by atoms with Crippen LogP contribution in [0.15, 0.2) is 58.3 Å². The van der Waals surface area contributed by atoms with Crippen molar-refractivity contribution in [2.45, 2.75) is 43.4 Å². The van der Waals surface area contributed by atoms with Gasteiger partial charge in [0.2, 0.25) is 0 Å². The van der Waals surface area contributed by atoms with Gasteiger partial charge in [0.05, 0.1) is 0 Å². The molecule has 1 nitrogen and oxygen atoms in total. The van der Waals surface area contributed by atoms with Gasteiger partial charge >= 0.3 is 0 Å². The Kier molecular flexibility index (Phi) is 6.67. The Balaban J connectivity index is 2.27. The Morgan fingerprint density at radius 3 is 1.55 bits per heavy atom. The van der Waals surface area contributed by atoms with Gasteiger partial charge in [-0.15, -0.1) is 0 Å².